The standard InChI is InChI=1S/C14H26N2O3/c17-14(16-7-10-18-11-8-16)12-15-6-9-19-13-4-2-1-3-5-13/h13,15H,1-12H2. The topological polar surface area (TPSA) is 50.8 Å². The van der Waals surface area contributed by atoms with Crippen molar-refractivity contribution in [2.24, 2.45) is 0 Å². The lowest BCUT2D eigenvalue weighted by Crippen LogP contribution is -2.45. The highest BCUT2D eigenvalue weighted by Crippen LogP contribution is 2.19. The first kappa shape index (κ1) is 14.8. The molecule has 0 aromatic rings. The summed E-state index contributed by atoms with van der Waals surface area (Å²) in [7, 11) is 0. The third kappa shape index (κ3) is 5.47. The number of nitrogens with one attached hydrogen (secondary N) is 1. The van der Waals surface area contributed by atoms with Crippen LogP contribution in [0.15, 0.2) is 0 Å². The number of nitrogens with zero attached hydrogens (tertiary/aromatic N) is 1. The van der Waals surface area contributed by atoms with Crippen LogP contribution >= 0.6 is 0 Å². The number of carbonyl (C=O) groups excluding carboxylic acids is 1. The second-order valence-corrected chi connectivity index (χ2v) is 5.30. The summed E-state index contributed by atoms with van der Waals surface area (Å²) >= 11 is 0. The average Bonchev–Trinajstić information content (AvgIpc) is 2.49. The molecule has 2 fully saturated rings. The molecule has 0 aromatic carbocycles. The number of rotatable bonds is 6. The van der Waals surface area contributed by atoms with E-state index in [1.54, 1.807) is 0 Å². The molecule has 0 radical (unpaired) electrons. The first-order chi connectivity index (χ1) is 9.36. The molecule has 0 spiro atoms. The van der Waals surface area contributed by atoms with Gasteiger partial charge in [-0.3, -0.25) is 4.79 Å². The maximum Gasteiger partial charge on any atom is 0.236 e. The number of hydrogen-bond acceptors (Lipinski definition) is 4. The van der Waals surface area contributed by atoms with Gasteiger partial charge in [-0.15, -0.1) is 0 Å². The van der Waals surface area contributed by atoms with Gasteiger partial charge in [0.1, 0.15) is 0 Å². The first-order valence-corrected chi connectivity index (χ1v) is 7.54. The van der Waals surface area contributed by atoms with Crippen molar-refractivity contribution in [1.82, 2.24) is 10.2 Å². The van der Waals surface area contributed by atoms with E-state index in [0.29, 0.717) is 32.5 Å². The lowest BCUT2D eigenvalue weighted by Gasteiger charge is -2.27. The third-order valence-corrected chi connectivity index (χ3v) is 3.82. The predicted molar refractivity (Wildman–Crippen MR) is 73.1 cm³/mol. The monoisotopic (exact) mass is 270 g/mol. The minimum atomic E-state index is 0.168. The lowest BCUT2D eigenvalue weighted by atomic mass is 9.98. The molecule has 1 aliphatic heterocycles. The minimum absolute atomic E-state index is 0.168. The Balaban J connectivity index is 1.47. The van der Waals surface area contributed by atoms with Crippen molar-refractivity contribution in [3.8, 4) is 0 Å². The largest absolute Gasteiger partial charge is 0.378 e. The van der Waals surface area contributed by atoms with Crippen LogP contribution in [0, 0.1) is 0 Å². The van der Waals surface area contributed by atoms with Gasteiger partial charge in [-0.1, -0.05) is 19.3 Å². The van der Waals surface area contributed by atoms with E-state index in [0.717, 1.165) is 19.6 Å². The summed E-state index contributed by atoms with van der Waals surface area (Å²) in [5.74, 6) is 0.168. The van der Waals surface area contributed by atoms with Crippen LogP contribution in [0.3, 0.4) is 0 Å². The number of hydrogen-bond donors (Lipinski definition) is 1. The maximum atomic E-state index is 11.8. The molecule has 1 N–H and O–H groups in total. The summed E-state index contributed by atoms with van der Waals surface area (Å²) < 4.78 is 11.0. The molecule has 1 heterocycles. The molecule has 1 saturated heterocycles. The molecule has 5 heteroatoms. The van der Waals surface area contributed by atoms with Crippen LogP contribution in [-0.4, -0.2) is 62.9 Å². The molecule has 110 valence electrons. The fourth-order valence-electron chi connectivity index (χ4n) is 2.65. The van der Waals surface area contributed by atoms with Crippen LogP contribution in [-0.2, 0) is 14.3 Å². The van der Waals surface area contributed by atoms with Crippen molar-refractivity contribution in [3.63, 3.8) is 0 Å². The van der Waals surface area contributed by atoms with Gasteiger partial charge in [0.05, 0.1) is 32.5 Å². The Labute approximate surface area is 115 Å². The van der Waals surface area contributed by atoms with Crippen LogP contribution in [0.4, 0.5) is 0 Å². The lowest BCUT2D eigenvalue weighted by molar-refractivity contribution is -0.134. The van der Waals surface area contributed by atoms with Crippen LogP contribution in [0.25, 0.3) is 0 Å². The van der Waals surface area contributed by atoms with E-state index >= 15 is 0 Å². The predicted octanol–water partition coefficient (Wildman–Crippen LogP) is 0.784. The summed E-state index contributed by atoms with van der Waals surface area (Å²) in [6.45, 7) is 4.65. The summed E-state index contributed by atoms with van der Waals surface area (Å²) in [6.07, 6.45) is 6.80. The SMILES string of the molecule is O=C(CNCCOC1CCCCC1)N1CCOCC1. The first-order valence-electron chi connectivity index (χ1n) is 7.54. The van der Waals surface area contributed by atoms with Crippen LogP contribution in [0.5, 0.6) is 0 Å². The van der Waals surface area contributed by atoms with Crippen molar-refractivity contribution < 1.29 is 14.3 Å². The van der Waals surface area contributed by atoms with E-state index in [4.69, 9.17) is 9.47 Å². The second kappa shape index (κ2) is 8.51. The van der Waals surface area contributed by atoms with Crippen LogP contribution in [0.2, 0.25) is 0 Å². The Hall–Kier alpha value is -0.650. The maximum absolute atomic E-state index is 11.8. The van der Waals surface area contributed by atoms with Crippen molar-refractivity contribution in [2.75, 3.05) is 46.0 Å². The van der Waals surface area contributed by atoms with Crippen molar-refractivity contribution in [3.05, 3.63) is 0 Å². The van der Waals surface area contributed by atoms with Gasteiger partial charge in [-0.05, 0) is 12.8 Å². The van der Waals surface area contributed by atoms with Gasteiger partial charge in [0.2, 0.25) is 5.91 Å². The molecule has 1 aliphatic carbocycles. The second-order valence-electron chi connectivity index (χ2n) is 5.30. The Morgan fingerprint density at radius 3 is 2.68 bits per heavy atom. The Morgan fingerprint density at radius 2 is 1.95 bits per heavy atom. The fraction of sp³-hybridized carbons (Fsp3) is 0.929. The molecule has 0 aromatic heterocycles. The Morgan fingerprint density at radius 1 is 1.21 bits per heavy atom. The Kier molecular flexibility index (Phi) is 6.61. The number of ether oxygens (including phenoxy) is 2. The molecule has 1 saturated carbocycles. The molecular weight excluding hydrogens is 244 g/mol. The highest BCUT2D eigenvalue weighted by atomic mass is 16.5. The van der Waals surface area contributed by atoms with Crippen LogP contribution < -0.4 is 5.32 Å². The molecule has 0 unspecified atom stereocenters. The van der Waals surface area contributed by atoms with Crippen LogP contribution in [0.1, 0.15) is 32.1 Å². The molecule has 5 nitrogen and oxygen atoms in total. The van der Waals surface area contributed by atoms with Crippen molar-refractivity contribution >= 4 is 5.91 Å². The van der Waals surface area contributed by atoms with Crippen molar-refractivity contribution in [2.45, 2.75) is 38.2 Å². The van der Waals surface area contributed by atoms with E-state index in [-0.39, 0.29) is 5.91 Å². The van der Waals surface area contributed by atoms with Gasteiger partial charge >= 0.3 is 0 Å². The number of amides is 1. The van der Waals surface area contributed by atoms with Gasteiger partial charge in [0.15, 0.2) is 0 Å². The zero-order chi connectivity index (χ0) is 13.3. The molecule has 19 heavy (non-hydrogen) atoms. The van der Waals surface area contributed by atoms with Crippen molar-refractivity contribution in [1.29, 1.82) is 0 Å². The Bertz CT molecular complexity index is 261. The summed E-state index contributed by atoms with van der Waals surface area (Å²) in [4.78, 5) is 13.7. The van der Waals surface area contributed by atoms with Gasteiger partial charge in [-0.2, -0.15) is 0 Å². The zero-order valence-electron chi connectivity index (χ0n) is 11.7. The molecule has 0 atom stereocenters. The van der Waals surface area contributed by atoms with Gasteiger partial charge in [-0.25, -0.2) is 0 Å². The highest BCUT2D eigenvalue weighted by Gasteiger charge is 2.16. The highest BCUT2D eigenvalue weighted by molar-refractivity contribution is 5.78. The smallest absolute Gasteiger partial charge is 0.236 e. The molecule has 1 amide bonds. The third-order valence-electron chi connectivity index (χ3n) is 3.82. The van der Waals surface area contributed by atoms with E-state index in [1.165, 1.54) is 32.1 Å². The van der Waals surface area contributed by atoms with E-state index in [2.05, 4.69) is 5.32 Å². The van der Waals surface area contributed by atoms with E-state index in [9.17, 15) is 4.79 Å². The summed E-state index contributed by atoms with van der Waals surface area (Å²) in [6, 6.07) is 0. The molecule has 0 bridgehead atoms. The number of carbonyl (C=O) groups is 1. The fourth-order valence-corrected chi connectivity index (χ4v) is 2.65. The van der Waals surface area contributed by atoms with Gasteiger partial charge < -0.3 is 19.7 Å². The number of morpholine rings is 1. The zero-order valence-corrected chi connectivity index (χ0v) is 11.7. The average molecular weight is 270 g/mol. The van der Waals surface area contributed by atoms with E-state index in [1.807, 2.05) is 4.90 Å². The van der Waals surface area contributed by atoms with Gasteiger partial charge in [0, 0.05) is 19.6 Å². The molecular formula is C14H26N2O3. The molecule has 2 rings (SSSR count). The van der Waals surface area contributed by atoms with E-state index < -0.39 is 0 Å². The summed E-state index contributed by atoms with van der Waals surface area (Å²) in [5, 5.41) is 3.17. The summed E-state index contributed by atoms with van der Waals surface area (Å²) in [5.41, 5.74) is 0. The minimum Gasteiger partial charge on any atom is -0.378 e. The van der Waals surface area contributed by atoms with Gasteiger partial charge in [0.25, 0.3) is 0 Å². The quantitative estimate of drug-likeness (QED) is 0.725. The molecule has 2 aliphatic rings. The normalized spacial score (nSPS) is 21.6.